The van der Waals surface area contributed by atoms with Crippen LogP contribution in [0.3, 0.4) is 0 Å². The van der Waals surface area contributed by atoms with E-state index in [4.69, 9.17) is 5.11 Å². The number of hydrogen-bond donors (Lipinski definition) is 1. The summed E-state index contributed by atoms with van der Waals surface area (Å²) in [6, 6.07) is 4.04. The van der Waals surface area contributed by atoms with Gasteiger partial charge in [-0.3, -0.25) is 4.79 Å². The van der Waals surface area contributed by atoms with Gasteiger partial charge in [0, 0.05) is 24.3 Å². The van der Waals surface area contributed by atoms with Crippen molar-refractivity contribution in [2.24, 2.45) is 5.92 Å². The monoisotopic (exact) mass is 291 g/mol. The number of aliphatic hydroxyl groups is 1. The molecule has 4 heteroatoms. The van der Waals surface area contributed by atoms with E-state index in [1.807, 2.05) is 17.0 Å². The number of carbonyl (C=O) groups is 1. The first-order valence-corrected chi connectivity index (χ1v) is 8.00. The lowest BCUT2D eigenvalue weighted by molar-refractivity contribution is -0.128. The molecule has 20 heavy (non-hydrogen) atoms. The highest BCUT2D eigenvalue weighted by Crippen LogP contribution is 2.25. The molecule has 1 atom stereocenters. The Morgan fingerprint density at radius 1 is 1.50 bits per heavy atom. The van der Waals surface area contributed by atoms with Crippen LogP contribution < -0.4 is 0 Å². The van der Waals surface area contributed by atoms with E-state index in [9.17, 15) is 4.79 Å². The molecule has 0 bridgehead atoms. The van der Waals surface area contributed by atoms with Gasteiger partial charge in [0.2, 0.25) is 5.91 Å². The standard InChI is InChI=1S/C16H21NO2S/c1-2-5-13-10-16(19)17(11-13)12-15-8-7-14(20-15)6-3-4-9-18/h7-8,13,18H,2,4-5,9-12H2,1H3. The summed E-state index contributed by atoms with van der Waals surface area (Å²) >= 11 is 1.64. The second-order valence-electron chi connectivity index (χ2n) is 5.17. The Labute approximate surface area is 124 Å². The Morgan fingerprint density at radius 3 is 3.10 bits per heavy atom. The number of carbonyl (C=O) groups excluding carboxylic acids is 1. The molecule has 0 radical (unpaired) electrons. The summed E-state index contributed by atoms with van der Waals surface area (Å²) < 4.78 is 0. The zero-order chi connectivity index (χ0) is 14.4. The number of rotatable bonds is 5. The highest BCUT2D eigenvalue weighted by Gasteiger charge is 2.28. The Kier molecular flexibility index (Phi) is 5.63. The summed E-state index contributed by atoms with van der Waals surface area (Å²) in [5, 5.41) is 8.69. The minimum atomic E-state index is 0.104. The predicted molar refractivity (Wildman–Crippen MR) is 81.3 cm³/mol. The van der Waals surface area contributed by atoms with E-state index >= 15 is 0 Å². The van der Waals surface area contributed by atoms with Gasteiger partial charge in [0.1, 0.15) is 0 Å². The molecule has 1 fully saturated rings. The molecule has 1 saturated heterocycles. The van der Waals surface area contributed by atoms with Crippen LogP contribution in [0.15, 0.2) is 12.1 Å². The second-order valence-corrected chi connectivity index (χ2v) is 6.34. The van der Waals surface area contributed by atoms with Crippen LogP contribution in [-0.4, -0.2) is 29.1 Å². The lowest BCUT2D eigenvalue weighted by atomic mass is 10.0. The van der Waals surface area contributed by atoms with Crippen molar-refractivity contribution in [3.63, 3.8) is 0 Å². The van der Waals surface area contributed by atoms with Crippen molar-refractivity contribution in [1.82, 2.24) is 4.90 Å². The van der Waals surface area contributed by atoms with Gasteiger partial charge in [-0.05, 0) is 24.5 Å². The van der Waals surface area contributed by atoms with Crippen molar-refractivity contribution >= 4 is 17.2 Å². The fourth-order valence-electron chi connectivity index (χ4n) is 2.53. The second kappa shape index (κ2) is 7.47. The maximum Gasteiger partial charge on any atom is 0.223 e. The van der Waals surface area contributed by atoms with Crippen molar-refractivity contribution in [2.75, 3.05) is 13.2 Å². The van der Waals surface area contributed by atoms with Crippen LogP contribution in [0.5, 0.6) is 0 Å². The number of thiophene rings is 1. The fourth-order valence-corrected chi connectivity index (χ4v) is 3.43. The summed E-state index contributed by atoms with van der Waals surface area (Å²) in [6.45, 7) is 3.89. The smallest absolute Gasteiger partial charge is 0.223 e. The third-order valence-electron chi connectivity index (χ3n) is 3.45. The molecular weight excluding hydrogens is 270 g/mol. The summed E-state index contributed by atoms with van der Waals surface area (Å²) in [5.41, 5.74) is 0. The summed E-state index contributed by atoms with van der Waals surface area (Å²) in [7, 11) is 0. The molecule has 1 unspecified atom stereocenters. The Morgan fingerprint density at radius 2 is 2.35 bits per heavy atom. The van der Waals surface area contributed by atoms with E-state index in [0.29, 0.717) is 25.3 Å². The zero-order valence-electron chi connectivity index (χ0n) is 11.9. The zero-order valence-corrected chi connectivity index (χ0v) is 12.7. The molecule has 1 aromatic heterocycles. The summed E-state index contributed by atoms with van der Waals surface area (Å²) in [4.78, 5) is 16.1. The van der Waals surface area contributed by atoms with Crippen molar-refractivity contribution in [3.05, 3.63) is 21.9 Å². The molecule has 1 aromatic rings. The summed E-state index contributed by atoms with van der Waals surface area (Å²) in [6.07, 6.45) is 3.51. The van der Waals surface area contributed by atoms with E-state index in [0.717, 1.165) is 24.3 Å². The molecule has 1 N–H and O–H groups in total. The van der Waals surface area contributed by atoms with E-state index in [1.54, 1.807) is 11.3 Å². The molecule has 1 aliphatic rings. The molecule has 2 heterocycles. The minimum absolute atomic E-state index is 0.104. The highest BCUT2D eigenvalue weighted by molar-refractivity contribution is 7.12. The third kappa shape index (κ3) is 4.09. The molecular formula is C16H21NO2S. The van der Waals surface area contributed by atoms with Crippen molar-refractivity contribution in [2.45, 2.75) is 39.2 Å². The van der Waals surface area contributed by atoms with Gasteiger partial charge in [0.05, 0.1) is 18.0 Å². The van der Waals surface area contributed by atoms with Crippen LogP contribution >= 0.6 is 11.3 Å². The normalized spacial score (nSPS) is 18.2. The molecule has 0 aromatic carbocycles. The molecule has 0 saturated carbocycles. The molecule has 3 nitrogen and oxygen atoms in total. The van der Waals surface area contributed by atoms with Crippen molar-refractivity contribution in [3.8, 4) is 11.8 Å². The van der Waals surface area contributed by atoms with Gasteiger partial charge < -0.3 is 10.0 Å². The van der Waals surface area contributed by atoms with Crippen LogP contribution in [0.25, 0.3) is 0 Å². The highest BCUT2D eigenvalue weighted by atomic mass is 32.1. The molecule has 2 rings (SSSR count). The maximum absolute atomic E-state index is 12.0. The van der Waals surface area contributed by atoms with Gasteiger partial charge in [-0.2, -0.15) is 0 Å². The quantitative estimate of drug-likeness (QED) is 0.847. The summed E-state index contributed by atoms with van der Waals surface area (Å²) in [5.74, 6) is 6.78. The van der Waals surface area contributed by atoms with Gasteiger partial charge in [-0.25, -0.2) is 0 Å². The van der Waals surface area contributed by atoms with E-state index in [-0.39, 0.29) is 12.5 Å². The molecule has 0 spiro atoms. The number of hydrogen-bond acceptors (Lipinski definition) is 3. The van der Waals surface area contributed by atoms with E-state index in [1.165, 1.54) is 4.88 Å². The largest absolute Gasteiger partial charge is 0.395 e. The van der Waals surface area contributed by atoms with Gasteiger partial charge in [-0.15, -0.1) is 11.3 Å². The first kappa shape index (κ1) is 15.1. The predicted octanol–water partition coefficient (Wildman–Crippen LogP) is 2.63. The van der Waals surface area contributed by atoms with Crippen LogP contribution in [-0.2, 0) is 11.3 Å². The Balaban J connectivity index is 1.91. The Hall–Kier alpha value is -1.31. The Bertz CT molecular complexity index is 512. The van der Waals surface area contributed by atoms with Crippen LogP contribution in [0.4, 0.5) is 0 Å². The van der Waals surface area contributed by atoms with Crippen molar-refractivity contribution < 1.29 is 9.90 Å². The number of amides is 1. The van der Waals surface area contributed by atoms with Gasteiger partial charge >= 0.3 is 0 Å². The molecule has 1 amide bonds. The van der Waals surface area contributed by atoms with Gasteiger partial charge in [0.15, 0.2) is 0 Å². The average Bonchev–Trinajstić information content (AvgIpc) is 2.99. The number of nitrogens with zero attached hydrogens (tertiary/aromatic N) is 1. The average molecular weight is 291 g/mol. The van der Waals surface area contributed by atoms with Crippen LogP contribution in [0, 0.1) is 17.8 Å². The lowest BCUT2D eigenvalue weighted by Crippen LogP contribution is -2.24. The number of aliphatic hydroxyl groups excluding tert-OH is 1. The molecule has 108 valence electrons. The van der Waals surface area contributed by atoms with Crippen molar-refractivity contribution in [1.29, 1.82) is 0 Å². The number of likely N-dealkylation sites (tertiary alicyclic amines) is 1. The maximum atomic E-state index is 12.0. The fraction of sp³-hybridized carbons (Fsp3) is 0.562. The molecule has 1 aliphatic heterocycles. The van der Waals surface area contributed by atoms with Crippen LogP contribution in [0.1, 0.15) is 42.4 Å². The lowest BCUT2D eigenvalue weighted by Gasteiger charge is -2.15. The SMILES string of the molecule is CCCC1CC(=O)N(Cc2ccc(C#CCCO)s2)C1. The van der Waals surface area contributed by atoms with E-state index in [2.05, 4.69) is 18.8 Å². The topological polar surface area (TPSA) is 40.5 Å². The van der Waals surface area contributed by atoms with Gasteiger partial charge in [-0.1, -0.05) is 25.2 Å². The van der Waals surface area contributed by atoms with Crippen LogP contribution in [0.2, 0.25) is 0 Å². The minimum Gasteiger partial charge on any atom is -0.395 e. The first-order valence-electron chi connectivity index (χ1n) is 7.19. The third-order valence-corrected chi connectivity index (χ3v) is 4.43. The van der Waals surface area contributed by atoms with E-state index < -0.39 is 0 Å². The molecule has 0 aliphatic carbocycles. The first-order chi connectivity index (χ1) is 9.72. The van der Waals surface area contributed by atoms with Gasteiger partial charge in [0.25, 0.3) is 0 Å².